The van der Waals surface area contributed by atoms with Crippen molar-refractivity contribution in [1.82, 2.24) is 19.9 Å². The maximum atomic E-state index is 12.2. The average Bonchev–Trinajstić information content (AvgIpc) is 2.93. The highest BCUT2D eigenvalue weighted by atomic mass is 16.5. The third-order valence-electron chi connectivity index (χ3n) is 4.11. The van der Waals surface area contributed by atoms with Crippen LogP contribution < -0.4 is 10.1 Å². The number of rotatable bonds is 8. The van der Waals surface area contributed by atoms with Crippen molar-refractivity contribution in [3.63, 3.8) is 0 Å². The second kappa shape index (κ2) is 8.35. The molecule has 9 nitrogen and oxygen atoms in total. The van der Waals surface area contributed by atoms with Gasteiger partial charge in [-0.1, -0.05) is 6.42 Å². The van der Waals surface area contributed by atoms with E-state index in [1.54, 1.807) is 12.1 Å². The lowest BCUT2D eigenvalue weighted by Crippen LogP contribution is -2.31. The lowest BCUT2D eigenvalue weighted by Gasteiger charge is -2.12. The van der Waals surface area contributed by atoms with Crippen molar-refractivity contribution >= 4 is 23.4 Å². The summed E-state index contributed by atoms with van der Waals surface area (Å²) in [7, 11) is 1.52. The van der Waals surface area contributed by atoms with E-state index in [1.165, 1.54) is 25.7 Å². The van der Waals surface area contributed by atoms with Crippen molar-refractivity contribution in [2.45, 2.75) is 25.7 Å². The molecule has 0 saturated carbocycles. The molecule has 1 aliphatic heterocycles. The summed E-state index contributed by atoms with van der Waals surface area (Å²) in [5, 5.41) is 2.76. The van der Waals surface area contributed by atoms with E-state index in [9.17, 15) is 14.4 Å². The van der Waals surface area contributed by atoms with Crippen LogP contribution in [0.15, 0.2) is 30.7 Å². The molecular weight excluding hydrogens is 350 g/mol. The molecule has 9 heteroatoms. The molecule has 0 aliphatic carbocycles. The highest BCUT2D eigenvalue weighted by Gasteiger charge is 2.37. The van der Waals surface area contributed by atoms with Gasteiger partial charge in [-0.05, 0) is 18.9 Å². The van der Waals surface area contributed by atoms with Gasteiger partial charge in [0.1, 0.15) is 0 Å². The third-order valence-corrected chi connectivity index (χ3v) is 4.11. The van der Waals surface area contributed by atoms with Crippen LogP contribution in [-0.4, -0.2) is 51.2 Å². The van der Waals surface area contributed by atoms with E-state index in [-0.39, 0.29) is 17.3 Å². The van der Waals surface area contributed by atoms with Crippen LogP contribution in [0.1, 0.15) is 46.7 Å². The number of pyridine rings is 1. The van der Waals surface area contributed by atoms with Gasteiger partial charge < -0.3 is 10.1 Å². The fourth-order valence-corrected chi connectivity index (χ4v) is 2.73. The number of nitrogens with one attached hydrogen (secondary N) is 1. The molecule has 3 amide bonds. The van der Waals surface area contributed by atoms with Gasteiger partial charge in [-0.15, -0.1) is 0 Å². The SMILES string of the molecule is COc1ccc(NC(=O)CCCCCN2C(=O)c3nccnc3C2=O)cn1. The molecule has 0 atom stereocenters. The Labute approximate surface area is 155 Å². The zero-order valence-corrected chi connectivity index (χ0v) is 14.8. The Morgan fingerprint density at radius 1 is 1.04 bits per heavy atom. The minimum Gasteiger partial charge on any atom is -0.481 e. The average molecular weight is 369 g/mol. The molecule has 0 unspecified atom stereocenters. The van der Waals surface area contributed by atoms with Gasteiger partial charge in [0.2, 0.25) is 11.8 Å². The van der Waals surface area contributed by atoms with E-state index >= 15 is 0 Å². The summed E-state index contributed by atoms with van der Waals surface area (Å²) in [6.07, 6.45) is 6.63. The highest BCUT2D eigenvalue weighted by molar-refractivity contribution is 6.19. The maximum absolute atomic E-state index is 12.2. The number of nitrogens with zero attached hydrogens (tertiary/aromatic N) is 4. The molecule has 0 radical (unpaired) electrons. The fourth-order valence-electron chi connectivity index (χ4n) is 2.73. The number of imide groups is 1. The number of hydrogen-bond acceptors (Lipinski definition) is 7. The molecule has 3 rings (SSSR count). The number of carbonyl (C=O) groups is 3. The molecule has 0 spiro atoms. The third kappa shape index (κ3) is 4.25. The van der Waals surface area contributed by atoms with Crippen molar-refractivity contribution in [2.24, 2.45) is 0 Å². The van der Waals surface area contributed by atoms with Crippen LogP contribution in [-0.2, 0) is 4.79 Å². The van der Waals surface area contributed by atoms with Gasteiger partial charge >= 0.3 is 0 Å². The monoisotopic (exact) mass is 369 g/mol. The lowest BCUT2D eigenvalue weighted by molar-refractivity contribution is -0.116. The number of unbranched alkanes of at least 4 members (excludes halogenated alkanes) is 2. The zero-order valence-electron chi connectivity index (χ0n) is 14.8. The number of anilines is 1. The fraction of sp³-hybridized carbons (Fsp3) is 0.333. The number of fused-ring (bicyclic) bond motifs is 1. The topological polar surface area (TPSA) is 114 Å². The summed E-state index contributed by atoms with van der Waals surface area (Å²) in [6, 6.07) is 3.38. The first-order chi connectivity index (χ1) is 13.1. The molecule has 2 aromatic heterocycles. The molecule has 1 aliphatic rings. The van der Waals surface area contributed by atoms with Crippen LogP contribution in [0.3, 0.4) is 0 Å². The van der Waals surface area contributed by atoms with Crippen LogP contribution in [0.25, 0.3) is 0 Å². The molecule has 0 saturated heterocycles. The van der Waals surface area contributed by atoms with Crippen molar-refractivity contribution < 1.29 is 19.1 Å². The molecule has 0 bridgehead atoms. The first-order valence-electron chi connectivity index (χ1n) is 8.57. The van der Waals surface area contributed by atoms with E-state index in [1.807, 2.05) is 0 Å². The minimum atomic E-state index is -0.409. The van der Waals surface area contributed by atoms with Gasteiger partial charge in [-0.3, -0.25) is 19.3 Å². The van der Waals surface area contributed by atoms with Gasteiger partial charge in [-0.25, -0.2) is 15.0 Å². The minimum absolute atomic E-state index is 0.106. The van der Waals surface area contributed by atoms with Crippen LogP contribution in [0, 0.1) is 0 Å². The van der Waals surface area contributed by atoms with E-state index in [0.717, 1.165) is 4.90 Å². The Balaban J connectivity index is 1.38. The molecule has 1 N–H and O–H groups in total. The number of ether oxygens (including phenoxy) is 1. The number of amides is 3. The summed E-state index contributed by atoms with van der Waals surface area (Å²) >= 11 is 0. The molecule has 140 valence electrons. The summed E-state index contributed by atoms with van der Waals surface area (Å²) in [5.74, 6) is -0.455. The van der Waals surface area contributed by atoms with Crippen LogP contribution in [0.4, 0.5) is 5.69 Å². The molecule has 27 heavy (non-hydrogen) atoms. The summed E-state index contributed by atoms with van der Waals surface area (Å²) in [5.41, 5.74) is 0.816. The Morgan fingerprint density at radius 2 is 1.74 bits per heavy atom. The Bertz CT molecular complexity index is 818. The first kappa shape index (κ1) is 18.4. The first-order valence-corrected chi connectivity index (χ1v) is 8.57. The number of methoxy groups -OCH3 is 1. The molecule has 0 fully saturated rings. The van der Waals surface area contributed by atoms with E-state index < -0.39 is 11.8 Å². The molecule has 3 heterocycles. The lowest BCUT2D eigenvalue weighted by atomic mass is 10.2. The summed E-state index contributed by atoms with van der Waals surface area (Å²) in [4.78, 5) is 49.3. The predicted molar refractivity (Wildman–Crippen MR) is 95.3 cm³/mol. The van der Waals surface area contributed by atoms with Crippen LogP contribution >= 0.6 is 0 Å². The van der Waals surface area contributed by atoms with Crippen molar-refractivity contribution in [2.75, 3.05) is 19.0 Å². The predicted octanol–water partition coefficient (Wildman–Crippen LogP) is 1.68. The molecule has 0 aromatic carbocycles. The number of hydrogen-bond donors (Lipinski definition) is 1. The Hall–Kier alpha value is -3.36. The Morgan fingerprint density at radius 3 is 2.33 bits per heavy atom. The Kier molecular flexibility index (Phi) is 5.70. The largest absolute Gasteiger partial charge is 0.481 e. The van der Waals surface area contributed by atoms with Crippen molar-refractivity contribution in [3.8, 4) is 5.88 Å². The second-order valence-electron chi connectivity index (χ2n) is 5.96. The van der Waals surface area contributed by atoms with Gasteiger partial charge in [0.15, 0.2) is 11.4 Å². The van der Waals surface area contributed by atoms with Crippen molar-refractivity contribution in [1.29, 1.82) is 0 Å². The summed E-state index contributed by atoms with van der Waals surface area (Å²) in [6.45, 7) is 0.291. The molecule has 2 aromatic rings. The standard InChI is InChI=1S/C18H19N5O4/c1-27-14-7-6-12(11-21-14)22-13(24)5-3-2-4-10-23-17(25)15-16(18(23)26)20-9-8-19-15/h6-9,11H,2-5,10H2,1H3,(H,22,24). The zero-order chi connectivity index (χ0) is 19.2. The van der Waals surface area contributed by atoms with Crippen molar-refractivity contribution in [3.05, 3.63) is 42.1 Å². The van der Waals surface area contributed by atoms with E-state index in [0.29, 0.717) is 43.8 Å². The highest BCUT2D eigenvalue weighted by Crippen LogP contribution is 2.19. The second-order valence-corrected chi connectivity index (χ2v) is 5.96. The summed E-state index contributed by atoms with van der Waals surface area (Å²) < 4.78 is 4.96. The number of carbonyl (C=O) groups excluding carboxylic acids is 3. The van der Waals surface area contributed by atoms with Gasteiger partial charge in [0.05, 0.1) is 19.0 Å². The van der Waals surface area contributed by atoms with Crippen LogP contribution in [0.5, 0.6) is 5.88 Å². The van der Waals surface area contributed by atoms with Gasteiger partial charge in [0, 0.05) is 31.4 Å². The smallest absolute Gasteiger partial charge is 0.281 e. The van der Waals surface area contributed by atoms with E-state index in [4.69, 9.17) is 4.74 Å². The van der Waals surface area contributed by atoms with Gasteiger partial charge in [0.25, 0.3) is 11.8 Å². The van der Waals surface area contributed by atoms with E-state index in [2.05, 4.69) is 20.3 Å². The normalized spacial score (nSPS) is 12.9. The maximum Gasteiger partial charge on any atom is 0.281 e. The van der Waals surface area contributed by atoms with Crippen LogP contribution in [0.2, 0.25) is 0 Å². The number of aromatic nitrogens is 3. The van der Waals surface area contributed by atoms with Gasteiger partial charge in [-0.2, -0.15) is 0 Å². The quantitative estimate of drug-likeness (QED) is 0.556. The molecular formula is C18H19N5O4.